The highest BCUT2D eigenvalue weighted by Crippen LogP contribution is 2.26. The minimum absolute atomic E-state index is 0.100. The number of carbonyl (C=O) groups is 1. The highest BCUT2D eigenvalue weighted by Gasteiger charge is 2.25. The number of fused-ring (bicyclic) bond motifs is 1. The first-order valence-corrected chi connectivity index (χ1v) is 10.5. The van der Waals surface area contributed by atoms with Gasteiger partial charge in [0.1, 0.15) is 15.5 Å². The zero-order valence-corrected chi connectivity index (χ0v) is 15.1. The Morgan fingerprint density at radius 1 is 1.25 bits per heavy atom. The quantitative estimate of drug-likeness (QED) is 0.870. The van der Waals surface area contributed by atoms with Gasteiger partial charge in [0, 0.05) is 28.2 Å². The van der Waals surface area contributed by atoms with Gasteiger partial charge in [-0.2, -0.15) is 0 Å². The maximum atomic E-state index is 12.4. The van der Waals surface area contributed by atoms with Crippen LogP contribution in [0, 0.1) is 5.92 Å². The van der Waals surface area contributed by atoms with E-state index in [-0.39, 0.29) is 23.6 Å². The van der Waals surface area contributed by atoms with Gasteiger partial charge in [-0.15, -0.1) is 0 Å². The molecule has 1 aromatic heterocycles. The number of hydrogen-bond acceptors (Lipinski definition) is 3. The van der Waals surface area contributed by atoms with Crippen LogP contribution < -0.4 is 5.32 Å². The maximum Gasteiger partial charge on any atom is 0.267 e. The first kappa shape index (κ1) is 17.3. The molecule has 1 saturated carbocycles. The Labute approximate surface area is 146 Å². The fourth-order valence-electron chi connectivity index (χ4n) is 3.39. The van der Waals surface area contributed by atoms with Crippen LogP contribution in [0.15, 0.2) is 24.3 Å². The molecule has 0 saturated heterocycles. The van der Waals surface area contributed by atoms with Gasteiger partial charge in [-0.1, -0.05) is 11.6 Å². The minimum atomic E-state index is -2.93. The Kier molecular flexibility index (Phi) is 4.88. The molecule has 24 heavy (non-hydrogen) atoms. The van der Waals surface area contributed by atoms with E-state index in [9.17, 15) is 13.2 Å². The molecule has 1 aromatic carbocycles. The number of amides is 1. The van der Waals surface area contributed by atoms with Crippen LogP contribution in [0.25, 0.3) is 10.9 Å². The van der Waals surface area contributed by atoms with Crippen molar-refractivity contribution in [1.82, 2.24) is 10.3 Å². The van der Waals surface area contributed by atoms with E-state index in [4.69, 9.17) is 11.6 Å². The average Bonchev–Trinajstić information content (AvgIpc) is 2.91. The maximum absolute atomic E-state index is 12.4. The molecule has 0 bridgehead atoms. The molecule has 0 radical (unpaired) electrons. The van der Waals surface area contributed by atoms with Crippen LogP contribution in [0.4, 0.5) is 0 Å². The SMILES string of the molecule is CS(=O)(=O)CC1CCC(NC(=O)c2cc3cc(Cl)ccc3[nH]2)CC1. The van der Waals surface area contributed by atoms with Crippen LogP contribution in [0.1, 0.15) is 36.2 Å². The van der Waals surface area contributed by atoms with Crippen LogP contribution in [-0.2, 0) is 9.84 Å². The van der Waals surface area contributed by atoms with E-state index in [1.807, 2.05) is 12.1 Å². The average molecular weight is 369 g/mol. The van der Waals surface area contributed by atoms with Crippen LogP contribution in [0.5, 0.6) is 0 Å². The van der Waals surface area contributed by atoms with Crippen molar-refractivity contribution < 1.29 is 13.2 Å². The summed E-state index contributed by atoms with van der Waals surface area (Å²) in [4.78, 5) is 15.5. The molecular formula is C17H21ClN2O3S. The molecule has 0 unspecified atom stereocenters. The second-order valence-electron chi connectivity index (χ2n) is 6.70. The van der Waals surface area contributed by atoms with Crippen molar-refractivity contribution in [2.75, 3.05) is 12.0 Å². The summed E-state index contributed by atoms with van der Waals surface area (Å²) in [5.74, 6) is 0.327. The fourth-order valence-corrected chi connectivity index (χ4v) is 4.76. The molecule has 1 aliphatic rings. The Morgan fingerprint density at radius 3 is 2.62 bits per heavy atom. The summed E-state index contributed by atoms with van der Waals surface area (Å²) in [6.45, 7) is 0. The van der Waals surface area contributed by atoms with Gasteiger partial charge in [0.05, 0.1) is 5.75 Å². The topological polar surface area (TPSA) is 79.0 Å². The number of sulfone groups is 1. The molecule has 0 aliphatic heterocycles. The molecule has 1 heterocycles. The minimum Gasteiger partial charge on any atom is -0.351 e. The summed E-state index contributed by atoms with van der Waals surface area (Å²) in [7, 11) is -2.93. The fraction of sp³-hybridized carbons (Fsp3) is 0.471. The summed E-state index contributed by atoms with van der Waals surface area (Å²) in [6, 6.07) is 7.35. The summed E-state index contributed by atoms with van der Waals surface area (Å²) in [5.41, 5.74) is 1.40. The van der Waals surface area contributed by atoms with Crippen LogP contribution >= 0.6 is 11.6 Å². The molecule has 7 heteroatoms. The number of halogens is 1. The molecule has 130 valence electrons. The van der Waals surface area contributed by atoms with Gasteiger partial charge in [-0.3, -0.25) is 4.79 Å². The third-order valence-electron chi connectivity index (χ3n) is 4.55. The first-order valence-electron chi connectivity index (χ1n) is 8.07. The molecule has 0 atom stereocenters. The van der Waals surface area contributed by atoms with Gasteiger partial charge < -0.3 is 10.3 Å². The first-order chi connectivity index (χ1) is 11.3. The lowest BCUT2D eigenvalue weighted by molar-refractivity contribution is 0.0919. The zero-order chi connectivity index (χ0) is 17.3. The van der Waals surface area contributed by atoms with E-state index < -0.39 is 9.84 Å². The number of carbonyl (C=O) groups excluding carboxylic acids is 1. The highest BCUT2D eigenvalue weighted by atomic mass is 35.5. The van der Waals surface area contributed by atoms with Gasteiger partial charge in [0.2, 0.25) is 0 Å². The van der Waals surface area contributed by atoms with Crippen LogP contribution in [0.3, 0.4) is 0 Å². The van der Waals surface area contributed by atoms with E-state index in [2.05, 4.69) is 10.3 Å². The Bertz CT molecular complexity index is 852. The van der Waals surface area contributed by atoms with Crippen molar-refractivity contribution in [2.24, 2.45) is 5.92 Å². The molecule has 1 amide bonds. The van der Waals surface area contributed by atoms with Gasteiger partial charge >= 0.3 is 0 Å². The summed E-state index contributed by atoms with van der Waals surface area (Å²) in [5, 5.41) is 4.59. The smallest absolute Gasteiger partial charge is 0.267 e. The number of hydrogen-bond donors (Lipinski definition) is 2. The van der Waals surface area contributed by atoms with Crippen molar-refractivity contribution in [2.45, 2.75) is 31.7 Å². The standard InChI is InChI=1S/C17H21ClN2O3S/c1-24(22,23)10-11-2-5-14(6-3-11)19-17(21)16-9-12-8-13(18)4-7-15(12)20-16/h4,7-9,11,14,20H,2-3,5-6,10H2,1H3,(H,19,21). The molecule has 2 N–H and O–H groups in total. The predicted octanol–water partition coefficient (Wildman–Crippen LogP) is 3.15. The zero-order valence-electron chi connectivity index (χ0n) is 13.5. The van der Waals surface area contributed by atoms with Crippen LogP contribution in [-0.4, -0.2) is 37.4 Å². The second-order valence-corrected chi connectivity index (χ2v) is 9.32. The normalized spacial score (nSPS) is 21.8. The molecule has 2 aromatic rings. The summed E-state index contributed by atoms with van der Waals surface area (Å²) >= 11 is 5.97. The van der Waals surface area contributed by atoms with E-state index in [1.165, 1.54) is 6.26 Å². The molecule has 1 aliphatic carbocycles. The van der Waals surface area contributed by atoms with Crippen molar-refractivity contribution in [3.8, 4) is 0 Å². The van der Waals surface area contributed by atoms with E-state index >= 15 is 0 Å². The van der Waals surface area contributed by atoms with Crippen molar-refractivity contribution in [3.05, 3.63) is 35.0 Å². The van der Waals surface area contributed by atoms with Crippen molar-refractivity contribution >= 4 is 38.2 Å². The van der Waals surface area contributed by atoms with Gasteiger partial charge in [0.25, 0.3) is 5.91 Å². The van der Waals surface area contributed by atoms with Crippen LogP contribution in [0.2, 0.25) is 5.02 Å². The van der Waals surface area contributed by atoms with E-state index in [1.54, 1.807) is 12.1 Å². The molecular weight excluding hydrogens is 348 g/mol. The molecule has 0 spiro atoms. The van der Waals surface area contributed by atoms with Crippen molar-refractivity contribution in [3.63, 3.8) is 0 Å². The largest absolute Gasteiger partial charge is 0.351 e. The van der Waals surface area contributed by atoms with Gasteiger partial charge in [0.15, 0.2) is 0 Å². The lowest BCUT2D eigenvalue weighted by atomic mass is 9.87. The number of nitrogens with one attached hydrogen (secondary N) is 2. The highest BCUT2D eigenvalue weighted by molar-refractivity contribution is 7.90. The summed E-state index contributed by atoms with van der Waals surface area (Å²) in [6.07, 6.45) is 4.58. The monoisotopic (exact) mass is 368 g/mol. The Hall–Kier alpha value is -1.53. The third kappa shape index (κ3) is 4.30. The lowest BCUT2D eigenvalue weighted by Gasteiger charge is -2.28. The van der Waals surface area contributed by atoms with E-state index in [0.717, 1.165) is 36.6 Å². The molecule has 3 rings (SSSR count). The van der Waals surface area contributed by atoms with Gasteiger partial charge in [-0.05, 0) is 55.9 Å². The number of benzene rings is 1. The predicted molar refractivity (Wildman–Crippen MR) is 96.2 cm³/mol. The third-order valence-corrected chi connectivity index (χ3v) is 5.86. The number of aromatic amines is 1. The molecule has 5 nitrogen and oxygen atoms in total. The second kappa shape index (κ2) is 6.76. The van der Waals surface area contributed by atoms with Gasteiger partial charge in [-0.25, -0.2) is 8.42 Å². The molecule has 1 fully saturated rings. The number of H-pyrrole nitrogens is 1. The lowest BCUT2D eigenvalue weighted by Crippen LogP contribution is -2.38. The Balaban J connectivity index is 1.59. The number of rotatable bonds is 4. The van der Waals surface area contributed by atoms with E-state index in [0.29, 0.717) is 10.7 Å². The summed E-state index contributed by atoms with van der Waals surface area (Å²) < 4.78 is 22.7. The number of aromatic nitrogens is 1. The Morgan fingerprint density at radius 2 is 1.96 bits per heavy atom. The van der Waals surface area contributed by atoms with Crippen molar-refractivity contribution in [1.29, 1.82) is 0 Å².